The van der Waals surface area contributed by atoms with Crippen molar-refractivity contribution < 1.29 is 9.13 Å². The molecule has 1 saturated heterocycles. The van der Waals surface area contributed by atoms with Crippen molar-refractivity contribution in [3.05, 3.63) is 35.6 Å². The molecule has 1 aromatic rings. The first kappa shape index (κ1) is 14.4. The van der Waals surface area contributed by atoms with E-state index in [1.54, 1.807) is 6.07 Å². The van der Waals surface area contributed by atoms with Crippen molar-refractivity contribution in [2.24, 2.45) is 0 Å². The Balaban J connectivity index is 1.65. The van der Waals surface area contributed by atoms with E-state index < -0.39 is 0 Å². The van der Waals surface area contributed by atoms with Crippen LogP contribution in [-0.4, -0.2) is 50.3 Å². The first-order chi connectivity index (χ1) is 9.29. The zero-order chi connectivity index (χ0) is 13.5. The number of benzene rings is 1. The summed E-state index contributed by atoms with van der Waals surface area (Å²) in [5, 5.41) is 3.36. The Bertz CT molecular complexity index is 386. The van der Waals surface area contributed by atoms with Crippen molar-refractivity contribution in [3.8, 4) is 0 Å². The molecule has 1 heterocycles. The van der Waals surface area contributed by atoms with Gasteiger partial charge in [0.1, 0.15) is 5.82 Å². The summed E-state index contributed by atoms with van der Waals surface area (Å²) < 4.78 is 19.1. The smallest absolute Gasteiger partial charge is 0.126 e. The van der Waals surface area contributed by atoms with E-state index >= 15 is 0 Å². The average Bonchev–Trinajstić information content (AvgIpc) is 2.45. The van der Waals surface area contributed by atoms with Crippen LogP contribution in [0.15, 0.2) is 24.3 Å². The van der Waals surface area contributed by atoms with Crippen LogP contribution >= 0.6 is 0 Å². The van der Waals surface area contributed by atoms with Gasteiger partial charge in [0, 0.05) is 19.6 Å². The molecule has 3 nitrogen and oxygen atoms in total. The number of ether oxygens (including phenoxy) is 1. The van der Waals surface area contributed by atoms with Gasteiger partial charge in [-0.25, -0.2) is 4.39 Å². The minimum Gasteiger partial charge on any atom is -0.374 e. The maximum Gasteiger partial charge on any atom is 0.126 e. The molecule has 1 N–H and O–H groups in total. The lowest BCUT2D eigenvalue weighted by Crippen LogP contribution is -2.46. The molecule has 106 valence electrons. The molecule has 19 heavy (non-hydrogen) atoms. The molecular weight excluding hydrogens is 243 g/mol. The highest BCUT2D eigenvalue weighted by molar-refractivity contribution is 5.17. The number of morpholine rings is 1. The van der Waals surface area contributed by atoms with Gasteiger partial charge in [0.25, 0.3) is 0 Å². The minimum absolute atomic E-state index is 0.115. The molecule has 1 fully saturated rings. The summed E-state index contributed by atoms with van der Waals surface area (Å²) in [4.78, 5) is 2.40. The SMILES string of the molecule is CCN1CCOC(CNCCc2ccccc2F)C1. The zero-order valence-electron chi connectivity index (χ0n) is 11.6. The number of halogens is 1. The second-order valence-corrected chi connectivity index (χ2v) is 4.93. The maximum absolute atomic E-state index is 13.4. The predicted molar refractivity (Wildman–Crippen MR) is 74.8 cm³/mol. The molecule has 1 unspecified atom stereocenters. The second-order valence-electron chi connectivity index (χ2n) is 4.93. The minimum atomic E-state index is -0.115. The van der Waals surface area contributed by atoms with Crippen LogP contribution in [0.5, 0.6) is 0 Å². The fourth-order valence-electron chi connectivity index (χ4n) is 2.38. The molecule has 0 saturated carbocycles. The van der Waals surface area contributed by atoms with E-state index in [4.69, 9.17) is 4.74 Å². The molecular formula is C15H23FN2O. The third kappa shape index (κ3) is 4.56. The number of nitrogens with zero attached hydrogens (tertiary/aromatic N) is 1. The van der Waals surface area contributed by atoms with Gasteiger partial charge in [-0.3, -0.25) is 4.90 Å². The van der Waals surface area contributed by atoms with Crippen LogP contribution in [0, 0.1) is 5.82 Å². The lowest BCUT2D eigenvalue weighted by Gasteiger charge is -2.32. The maximum atomic E-state index is 13.4. The molecule has 1 atom stereocenters. The van der Waals surface area contributed by atoms with Crippen LogP contribution < -0.4 is 5.32 Å². The number of nitrogens with one attached hydrogen (secondary N) is 1. The highest BCUT2D eigenvalue weighted by Crippen LogP contribution is 2.07. The summed E-state index contributed by atoms with van der Waals surface area (Å²) >= 11 is 0. The number of hydrogen-bond acceptors (Lipinski definition) is 3. The van der Waals surface area contributed by atoms with Crippen LogP contribution in [-0.2, 0) is 11.2 Å². The second kappa shape index (κ2) is 7.58. The Morgan fingerprint density at radius 3 is 3.05 bits per heavy atom. The monoisotopic (exact) mass is 266 g/mol. The van der Waals surface area contributed by atoms with Crippen molar-refractivity contribution in [1.82, 2.24) is 10.2 Å². The molecule has 1 aromatic carbocycles. The largest absolute Gasteiger partial charge is 0.374 e. The molecule has 0 aromatic heterocycles. The van der Waals surface area contributed by atoms with Crippen LogP contribution in [0.4, 0.5) is 4.39 Å². The Morgan fingerprint density at radius 1 is 1.42 bits per heavy atom. The van der Waals surface area contributed by atoms with Gasteiger partial charge in [0.15, 0.2) is 0 Å². The summed E-state index contributed by atoms with van der Waals surface area (Å²) in [6.45, 7) is 7.71. The first-order valence-electron chi connectivity index (χ1n) is 7.07. The fourth-order valence-corrected chi connectivity index (χ4v) is 2.38. The topological polar surface area (TPSA) is 24.5 Å². The lowest BCUT2D eigenvalue weighted by molar-refractivity contribution is -0.0251. The number of rotatable bonds is 6. The predicted octanol–water partition coefficient (Wildman–Crippen LogP) is 1.68. The van der Waals surface area contributed by atoms with Gasteiger partial charge in [-0.2, -0.15) is 0 Å². The van der Waals surface area contributed by atoms with Gasteiger partial charge < -0.3 is 10.1 Å². The Morgan fingerprint density at radius 2 is 2.26 bits per heavy atom. The van der Waals surface area contributed by atoms with E-state index in [1.165, 1.54) is 6.07 Å². The van der Waals surface area contributed by atoms with Crippen LogP contribution in [0.2, 0.25) is 0 Å². The molecule has 1 aliphatic heterocycles. The summed E-state index contributed by atoms with van der Waals surface area (Å²) in [5.41, 5.74) is 0.773. The van der Waals surface area contributed by atoms with Gasteiger partial charge >= 0.3 is 0 Å². The Hall–Kier alpha value is -0.970. The van der Waals surface area contributed by atoms with Crippen molar-refractivity contribution >= 4 is 0 Å². The summed E-state index contributed by atoms with van der Waals surface area (Å²) in [6, 6.07) is 6.95. The van der Waals surface area contributed by atoms with E-state index in [9.17, 15) is 4.39 Å². The van der Waals surface area contributed by atoms with Crippen molar-refractivity contribution in [2.45, 2.75) is 19.4 Å². The fraction of sp³-hybridized carbons (Fsp3) is 0.600. The van der Waals surface area contributed by atoms with E-state index in [0.717, 1.165) is 51.3 Å². The number of hydrogen-bond donors (Lipinski definition) is 1. The molecule has 0 radical (unpaired) electrons. The highest BCUT2D eigenvalue weighted by Gasteiger charge is 2.18. The van der Waals surface area contributed by atoms with Gasteiger partial charge in [0.05, 0.1) is 12.7 Å². The van der Waals surface area contributed by atoms with Gasteiger partial charge in [-0.15, -0.1) is 0 Å². The Labute approximate surface area is 114 Å². The van der Waals surface area contributed by atoms with Crippen LogP contribution in [0.1, 0.15) is 12.5 Å². The van der Waals surface area contributed by atoms with Gasteiger partial charge in [-0.05, 0) is 31.1 Å². The molecule has 4 heteroatoms. The van der Waals surface area contributed by atoms with Crippen molar-refractivity contribution in [3.63, 3.8) is 0 Å². The zero-order valence-corrected chi connectivity index (χ0v) is 11.6. The van der Waals surface area contributed by atoms with Gasteiger partial charge in [0.2, 0.25) is 0 Å². The van der Waals surface area contributed by atoms with Crippen LogP contribution in [0.25, 0.3) is 0 Å². The van der Waals surface area contributed by atoms with E-state index in [-0.39, 0.29) is 11.9 Å². The van der Waals surface area contributed by atoms with E-state index in [0.29, 0.717) is 0 Å². The summed E-state index contributed by atoms with van der Waals surface area (Å²) in [5.74, 6) is -0.115. The van der Waals surface area contributed by atoms with Gasteiger partial charge in [-0.1, -0.05) is 25.1 Å². The Kier molecular flexibility index (Phi) is 5.76. The van der Waals surface area contributed by atoms with Crippen molar-refractivity contribution in [1.29, 1.82) is 0 Å². The first-order valence-corrected chi connectivity index (χ1v) is 7.07. The quantitative estimate of drug-likeness (QED) is 0.793. The number of likely N-dealkylation sites (N-methyl/N-ethyl adjacent to an activating group) is 1. The third-order valence-electron chi connectivity index (χ3n) is 3.57. The standard InChI is InChI=1S/C15H23FN2O/c1-2-18-9-10-19-14(12-18)11-17-8-7-13-5-3-4-6-15(13)16/h3-6,14,17H,2,7-12H2,1H3. The molecule has 1 aliphatic rings. The molecule has 0 amide bonds. The van der Waals surface area contributed by atoms with Crippen LogP contribution in [0.3, 0.4) is 0 Å². The summed E-state index contributed by atoms with van der Waals surface area (Å²) in [7, 11) is 0. The van der Waals surface area contributed by atoms with Crippen molar-refractivity contribution in [2.75, 3.05) is 39.3 Å². The summed E-state index contributed by atoms with van der Waals surface area (Å²) in [6.07, 6.45) is 0.978. The average molecular weight is 266 g/mol. The molecule has 2 rings (SSSR count). The third-order valence-corrected chi connectivity index (χ3v) is 3.57. The lowest BCUT2D eigenvalue weighted by atomic mass is 10.1. The molecule has 0 bridgehead atoms. The normalized spacial score (nSPS) is 20.6. The highest BCUT2D eigenvalue weighted by atomic mass is 19.1. The molecule has 0 spiro atoms. The van der Waals surface area contributed by atoms with E-state index in [2.05, 4.69) is 17.1 Å². The molecule has 0 aliphatic carbocycles. The van der Waals surface area contributed by atoms with E-state index in [1.807, 2.05) is 12.1 Å².